The van der Waals surface area contributed by atoms with E-state index in [0.717, 1.165) is 12.8 Å². The van der Waals surface area contributed by atoms with Gasteiger partial charge in [0.05, 0.1) is 12.0 Å². The third kappa shape index (κ3) is 1.86. The van der Waals surface area contributed by atoms with Gasteiger partial charge < -0.3 is 5.73 Å². The summed E-state index contributed by atoms with van der Waals surface area (Å²) in [7, 11) is 0. The van der Waals surface area contributed by atoms with Crippen LogP contribution < -0.4 is 5.73 Å². The van der Waals surface area contributed by atoms with Crippen LogP contribution in [0.2, 0.25) is 0 Å². The Morgan fingerprint density at radius 3 is 2.67 bits per heavy atom. The molecule has 2 N–H and O–H groups in total. The number of carbonyl (C=O) groups excluding carboxylic acids is 1. The molecule has 0 bridgehead atoms. The minimum absolute atomic E-state index is 0.0827. The summed E-state index contributed by atoms with van der Waals surface area (Å²) >= 11 is 0. The maximum Gasteiger partial charge on any atom is 0.164 e. The molecule has 1 saturated carbocycles. The summed E-state index contributed by atoms with van der Waals surface area (Å²) in [6.07, 6.45) is 2.50. The maximum atomic E-state index is 11.5. The zero-order chi connectivity index (χ0) is 9.19. The van der Waals surface area contributed by atoms with Crippen molar-refractivity contribution in [2.75, 3.05) is 0 Å². The molecule has 1 aliphatic rings. The topological polar surface area (TPSA) is 43.1 Å². The lowest BCUT2D eigenvalue weighted by atomic mass is 9.90. The molecule has 0 radical (unpaired) electrons. The molecule has 0 aliphatic heterocycles. The van der Waals surface area contributed by atoms with Crippen LogP contribution in [0.3, 0.4) is 0 Å². The normalized spacial score (nSPS) is 20.6. The van der Waals surface area contributed by atoms with E-state index in [1.165, 1.54) is 0 Å². The largest absolute Gasteiger partial charge is 0.319 e. The Hall–Kier alpha value is -0.810. The van der Waals surface area contributed by atoms with Crippen LogP contribution in [0.1, 0.15) is 33.1 Å². The number of nitrogens with two attached hydrogens (primary N) is 1. The van der Waals surface area contributed by atoms with Crippen molar-refractivity contribution in [3.63, 3.8) is 0 Å². The van der Waals surface area contributed by atoms with Crippen molar-refractivity contribution in [1.82, 2.24) is 0 Å². The van der Waals surface area contributed by atoms with Gasteiger partial charge in [0.1, 0.15) is 0 Å². The van der Waals surface area contributed by atoms with Crippen molar-refractivity contribution >= 4 is 5.78 Å². The van der Waals surface area contributed by atoms with Gasteiger partial charge in [0.25, 0.3) is 0 Å². The second-order valence-corrected chi connectivity index (χ2v) is 3.58. The van der Waals surface area contributed by atoms with Gasteiger partial charge in [-0.25, -0.2) is 0 Å². The van der Waals surface area contributed by atoms with Gasteiger partial charge in [-0.3, -0.25) is 4.79 Å². The first-order chi connectivity index (χ1) is 5.59. The molecule has 0 aromatic carbocycles. The average Bonchev–Trinajstić information content (AvgIpc) is 2.81. The lowest BCUT2D eigenvalue weighted by molar-refractivity contribution is -0.123. The summed E-state index contributed by atoms with van der Waals surface area (Å²) < 4.78 is 0. The van der Waals surface area contributed by atoms with Gasteiger partial charge in [-0.05, 0) is 32.6 Å². The Bertz CT molecular complexity index is 240. The molecule has 0 aromatic heterocycles. The second kappa shape index (κ2) is 3.28. The molecule has 1 unspecified atom stereocenters. The highest BCUT2D eigenvalue weighted by Crippen LogP contribution is 2.38. The summed E-state index contributed by atoms with van der Waals surface area (Å²) in [5.74, 6) is 5.95. The first-order valence-electron chi connectivity index (χ1n) is 4.31. The van der Waals surface area contributed by atoms with Gasteiger partial charge in [0.15, 0.2) is 5.78 Å². The van der Waals surface area contributed by atoms with Crippen LogP contribution in [0.5, 0.6) is 0 Å². The molecular formula is C10H15NO. The quantitative estimate of drug-likeness (QED) is 0.636. The number of hydrogen-bond donors (Lipinski definition) is 1. The smallest absolute Gasteiger partial charge is 0.164 e. The first-order valence-corrected chi connectivity index (χ1v) is 4.31. The fraction of sp³-hybridized carbons (Fsp3) is 0.700. The minimum atomic E-state index is -0.621. The monoisotopic (exact) mass is 165 g/mol. The van der Waals surface area contributed by atoms with Crippen molar-refractivity contribution in [2.24, 2.45) is 11.7 Å². The third-order valence-electron chi connectivity index (χ3n) is 2.45. The predicted molar refractivity (Wildman–Crippen MR) is 48.4 cm³/mol. The highest BCUT2D eigenvalue weighted by molar-refractivity contribution is 5.90. The number of Topliss-reactive ketones (excluding diaryl/α,β-unsaturated/α-hetero) is 1. The van der Waals surface area contributed by atoms with Gasteiger partial charge >= 0.3 is 0 Å². The second-order valence-electron chi connectivity index (χ2n) is 3.58. The molecule has 1 fully saturated rings. The Morgan fingerprint density at radius 1 is 1.67 bits per heavy atom. The van der Waals surface area contributed by atoms with Crippen LogP contribution in [-0.2, 0) is 4.79 Å². The summed E-state index contributed by atoms with van der Waals surface area (Å²) in [6, 6.07) is 0. The lowest BCUT2D eigenvalue weighted by Crippen LogP contribution is -2.46. The molecule has 1 rings (SSSR count). The van der Waals surface area contributed by atoms with Crippen molar-refractivity contribution in [3.8, 4) is 11.8 Å². The molecule has 1 aliphatic carbocycles. The number of ketones is 1. The molecule has 1 atom stereocenters. The number of hydrogen-bond acceptors (Lipinski definition) is 2. The maximum absolute atomic E-state index is 11.5. The zero-order valence-corrected chi connectivity index (χ0v) is 7.68. The van der Waals surface area contributed by atoms with Crippen LogP contribution in [0, 0.1) is 17.8 Å². The van der Waals surface area contributed by atoms with Crippen LogP contribution in [0.15, 0.2) is 0 Å². The summed E-state index contributed by atoms with van der Waals surface area (Å²) in [4.78, 5) is 11.5. The van der Waals surface area contributed by atoms with E-state index in [9.17, 15) is 4.79 Å². The number of rotatable bonds is 3. The predicted octanol–water partition coefficient (Wildman–Crippen LogP) is 1.10. The Kier molecular flexibility index (Phi) is 2.54. The van der Waals surface area contributed by atoms with Gasteiger partial charge in [-0.1, -0.05) is 5.92 Å². The fourth-order valence-electron chi connectivity index (χ4n) is 1.27. The molecule has 0 heterocycles. The van der Waals surface area contributed by atoms with E-state index in [1.807, 2.05) is 6.92 Å². The van der Waals surface area contributed by atoms with Crippen molar-refractivity contribution in [2.45, 2.75) is 38.6 Å². The third-order valence-corrected chi connectivity index (χ3v) is 2.45. The minimum Gasteiger partial charge on any atom is -0.319 e. The van der Waals surface area contributed by atoms with E-state index >= 15 is 0 Å². The van der Waals surface area contributed by atoms with Crippen molar-refractivity contribution in [3.05, 3.63) is 0 Å². The molecule has 0 spiro atoms. The van der Waals surface area contributed by atoms with Crippen molar-refractivity contribution < 1.29 is 4.79 Å². The first kappa shape index (κ1) is 9.28. The molecule has 0 amide bonds. The van der Waals surface area contributed by atoms with Crippen LogP contribution in [-0.4, -0.2) is 11.3 Å². The highest BCUT2D eigenvalue weighted by Gasteiger charge is 2.43. The Labute approximate surface area is 73.5 Å². The lowest BCUT2D eigenvalue weighted by Gasteiger charge is -2.21. The Morgan fingerprint density at radius 2 is 2.25 bits per heavy atom. The SMILES string of the molecule is CC#CCC(=O)C(C)(N)C1CC1. The van der Waals surface area contributed by atoms with E-state index in [1.54, 1.807) is 6.92 Å². The van der Waals surface area contributed by atoms with Gasteiger partial charge in [-0.2, -0.15) is 0 Å². The number of carbonyl (C=O) groups is 1. The molecule has 12 heavy (non-hydrogen) atoms. The van der Waals surface area contributed by atoms with E-state index in [-0.39, 0.29) is 5.78 Å². The fourth-order valence-corrected chi connectivity index (χ4v) is 1.27. The van der Waals surface area contributed by atoms with Crippen molar-refractivity contribution in [1.29, 1.82) is 0 Å². The van der Waals surface area contributed by atoms with Gasteiger partial charge in [-0.15, -0.1) is 5.92 Å². The summed E-state index contributed by atoms with van der Waals surface area (Å²) in [5, 5.41) is 0. The van der Waals surface area contributed by atoms with Crippen LogP contribution >= 0.6 is 0 Å². The van der Waals surface area contributed by atoms with Crippen LogP contribution in [0.25, 0.3) is 0 Å². The summed E-state index contributed by atoms with van der Waals surface area (Å²) in [6.45, 7) is 3.56. The van der Waals surface area contributed by atoms with Crippen LogP contribution in [0.4, 0.5) is 0 Å². The molecule has 66 valence electrons. The van der Waals surface area contributed by atoms with Gasteiger partial charge in [0, 0.05) is 0 Å². The van der Waals surface area contributed by atoms with Gasteiger partial charge in [0.2, 0.25) is 0 Å². The van der Waals surface area contributed by atoms with E-state index < -0.39 is 5.54 Å². The molecule has 2 heteroatoms. The standard InChI is InChI=1S/C10H15NO/c1-3-4-5-9(12)10(2,11)8-6-7-8/h8H,5-7,11H2,1-2H3. The molecule has 0 aromatic rings. The zero-order valence-electron chi connectivity index (χ0n) is 7.68. The highest BCUT2D eigenvalue weighted by atomic mass is 16.1. The van der Waals surface area contributed by atoms with E-state index in [2.05, 4.69) is 11.8 Å². The molecular weight excluding hydrogens is 150 g/mol. The van der Waals surface area contributed by atoms with E-state index in [4.69, 9.17) is 5.73 Å². The molecule has 2 nitrogen and oxygen atoms in total. The van der Waals surface area contributed by atoms with E-state index in [0.29, 0.717) is 12.3 Å². The molecule has 0 saturated heterocycles. The Balaban J connectivity index is 2.52. The average molecular weight is 165 g/mol. The summed E-state index contributed by atoms with van der Waals surface area (Å²) in [5.41, 5.74) is 5.27.